The molecule has 0 fully saturated rings. The molecule has 3 heteroatoms. The second-order valence-electron chi connectivity index (χ2n) is 6.64. The van der Waals surface area contributed by atoms with Crippen LogP contribution in [0.2, 0.25) is 0 Å². The van der Waals surface area contributed by atoms with Crippen LogP contribution in [-0.4, -0.2) is 41.6 Å². The van der Waals surface area contributed by atoms with Gasteiger partial charge in [0, 0.05) is 42.0 Å². The zero-order chi connectivity index (χ0) is 13.1. The first kappa shape index (κ1) is 12.3. The van der Waals surface area contributed by atoms with Gasteiger partial charge in [-0.15, -0.1) is 0 Å². The minimum atomic E-state index is 0.597. The Kier molecular flexibility index (Phi) is 2.79. The van der Waals surface area contributed by atoms with Crippen molar-refractivity contribution in [1.82, 2.24) is 4.90 Å². The molecule has 0 amide bonds. The SMILES string of the molecule is CC1CC2=C(CN1C)C1=C3C(=NCC3C2)CC(Br)C1. The first-order valence-electron chi connectivity index (χ1n) is 7.45. The molecule has 19 heavy (non-hydrogen) atoms. The van der Waals surface area contributed by atoms with Crippen molar-refractivity contribution < 1.29 is 0 Å². The number of hydrogen-bond donors (Lipinski definition) is 0. The molecule has 3 unspecified atom stereocenters. The third kappa shape index (κ3) is 1.81. The minimum Gasteiger partial charge on any atom is -0.299 e. The highest BCUT2D eigenvalue weighted by Gasteiger charge is 2.40. The molecule has 0 saturated carbocycles. The number of likely N-dealkylation sites (N-methyl/N-ethyl adjacent to an activating group) is 1. The van der Waals surface area contributed by atoms with E-state index in [0.717, 1.165) is 25.4 Å². The van der Waals surface area contributed by atoms with Gasteiger partial charge in [-0.05, 0) is 50.0 Å². The summed E-state index contributed by atoms with van der Waals surface area (Å²) in [6, 6.07) is 0.700. The van der Waals surface area contributed by atoms with Crippen LogP contribution in [0, 0.1) is 5.92 Å². The first-order chi connectivity index (χ1) is 9.13. The van der Waals surface area contributed by atoms with E-state index in [2.05, 4.69) is 34.8 Å². The molecule has 0 spiro atoms. The van der Waals surface area contributed by atoms with Crippen LogP contribution in [0.5, 0.6) is 0 Å². The molecular weight excluding hydrogens is 300 g/mol. The second-order valence-corrected chi connectivity index (χ2v) is 7.93. The molecule has 2 heterocycles. The Morgan fingerprint density at radius 3 is 2.84 bits per heavy atom. The number of fused-ring (bicyclic) bond motifs is 1. The Hall–Kier alpha value is -0.410. The van der Waals surface area contributed by atoms with Crippen molar-refractivity contribution in [2.75, 3.05) is 20.1 Å². The molecular formula is C16H21BrN2. The van der Waals surface area contributed by atoms with E-state index >= 15 is 0 Å². The number of hydrogen-bond acceptors (Lipinski definition) is 2. The Labute approximate surface area is 123 Å². The average molecular weight is 321 g/mol. The zero-order valence-corrected chi connectivity index (χ0v) is 13.3. The van der Waals surface area contributed by atoms with E-state index in [1.807, 2.05) is 0 Å². The maximum atomic E-state index is 4.84. The van der Waals surface area contributed by atoms with Crippen LogP contribution in [-0.2, 0) is 0 Å². The highest BCUT2D eigenvalue weighted by molar-refractivity contribution is 9.09. The summed E-state index contributed by atoms with van der Waals surface area (Å²) in [7, 11) is 2.27. The lowest BCUT2D eigenvalue weighted by Gasteiger charge is -2.41. The maximum absolute atomic E-state index is 4.84. The average Bonchev–Trinajstić information content (AvgIpc) is 2.75. The molecule has 0 aromatic heterocycles. The van der Waals surface area contributed by atoms with Crippen molar-refractivity contribution in [1.29, 1.82) is 0 Å². The minimum absolute atomic E-state index is 0.597. The van der Waals surface area contributed by atoms with Crippen molar-refractivity contribution in [3.8, 4) is 0 Å². The van der Waals surface area contributed by atoms with Crippen molar-refractivity contribution in [2.24, 2.45) is 10.9 Å². The van der Waals surface area contributed by atoms with E-state index in [-0.39, 0.29) is 0 Å². The Balaban J connectivity index is 1.81. The first-order valence-corrected chi connectivity index (χ1v) is 8.37. The molecule has 4 aliphatic rings. The lowest BCUT2D eigenvalue weighted by molar-refractivity contribution is 0.255. The van der Waals surface area contributed by atoms with Gasteiger partial charge in [0.05, 0.1) is 0 Å². The lowest BCUT2D eigenvalue weighted by Crippen LogP contribution is -2.39. The molecule has 2 aliphatic heterocycles. The smallest absolute Gasteiger partial charge is 0.0465 e. The molecule has 4 rings (SSSR count). The molecule has 0 aromatic rings. The van der Waals surface area contributed by atoms with E-state index in [9.17, 15) is 0 Å². The fourth-order valence-electron chi connectivity index (χ4n) is 4.26. The third-order valence-electron chi connectivity index (χ3n) is 5.37. The highest BCUT2D eigenvalue weighted by atomic mass is 79.9. The van der Waals surface area contributed by atoms with E-state index in [4.69, 9.17) is 4.99 Å². The molecule has 0 saturated heterocycles. The molecule has 102 valence electrons. The normalized spacial score (nSPS) is 38.3. The highest BCUT2D eigenvalue weighted by Crippen LogP contribution is 2.47. The van der Waals surface area contributed by atoms with Gasteiger partial charge in [-0.1, -0.05) is 21.5 Å². The lowest BCUT2D eigenvalue weighted by atomic mass is 9.71. The molecule has 0 N–H and O–H groups in total. The Bertz CT molecular complexity index is 529. The van der Waals surface area contributed by atoms with Gasteiger partial charge in [0.25, 0.3) is 0 Å². The summed E-state index contributed by atoms with van der Waals surface area (Å²) in [5, 5.41) is 0. The topological polar surface area (TPSA) is 15.6 Å². The summed E-state index contributed by atoms with van der Waals surface area (Å²) in [6.45, 7) is 4.56. The van der Waals surface area contributed by atoms with E-state index in [1.54, 1.807) is 22.3 Å². The fourth-order valence-corrected chi connectivity index (χ4v) is 4.89. The van der Waals surface area contributed by atoms with Crippen LogP contribution >= 0.6 is 15.9 Å². The number of aliphatic imine (C=N–C) groups is 1. The van der Waals surface area contributed by atoms with E-state index in [0.29, 0.717) is 10.9 Å². The van der Waals surface area contributed by atoms with Crippen LogP contribution in [0.3, 0.4) is 0 Å². The van der Waals surface area contributed by atoms with Gasteiger partial charge in [-0.3, -0.25) is 9.89 Å². The fraction of sp³-hybridized carbons (Fsp3) is 0.688. The molecule has 3 atom stereocenters. The van der Waals surface area contributed by atoms with Crippen LogP contribution in [0.25, 0.3) is 0 Å². The largest absolute Gasteiger partial charge is 0.299 e. The Morgan fingerprint density at radius 1 is 1.16 bits per heavy atom. The third-order valence-corrected chi connectivity index (χ3v) is 6.02. The van der Waals surface area contributed by atoms with Crippen LogP contribution in [0.1, 0.15) is 32.6 Å². The molecule has 2 aliphatic carbocycles. The van der Waals surface area contributed by atoms with Gasteiger partial charge in [0.2, 0.25) is 0 Å². The van der Waals surface area contributed by atoms with E-state index in [1.165, 1.54) is 25.0 Å². The maximum Gasteiger partial charge on any atom is 0.0465 e. The summed E-state index contributed by atoms with van der Waals surface area (Å²) in [5.74, 6) is 0.722. The number of alkyl halides is 1. The van der Waals surface area contributed by atoms with Crippen molar-refractivity contribution in [2.45, 2.75) is 43.5 Å². The molecule has 0 bridgehead atoms. The monoisotopic (exact) mass is 320 g/mol. The van der Waals surface area contributed by atoms with Gasteiger partial charge >= 0.3 is 0 Å². The second kappa shape index (κ2) is 4.29. The molecule has 0 radical (unpaired) electrons. The van der Waals surface area contributed by atoms with Gasteiger partial charge in [0.15, 0.2) is 0 Å². The van der Waals surface area contributed by atoms with Crippen LogP contribution in [0.4, 0.5) is 0 Å². The number of rotatable bonds is 0. The zero-order valence-electron chi connectivity index (χ0n) is 11.7. The summed E-state index contributed by atoms with van der Waals surface area (Å²) >= 11 is 3.84. The predicted octanol–water partition coefficient (Wildman–Crippen LogP) is 3.34. The summed E-state index contributed by atoms with van der Waals surface area (Å²) in [5.41, 5.74) is 8.14. The van der Waals surface area contributed by atoms with Crippen molar-refractivity contribution >= 4 is 21.6 Å². The molecule has 2 nitrogen and oxygen atoms in total. The summed E-state index contributed by atoms with van der Waals surface area (Å²) in [6.07, 6.45) is 4.91. The predicted molar refractivity (Wildman–Crippen MR) is 83.1 cm³/mol. The van der Waals surface area contributed by atoms with Gasteiger partial charge in [0.1, 0.15) is 0 Å². The van der Waals surface area contributed by atoms with Gasteiger partial charge < -0.3 is 0 Å². The van der Waals surface area contributed by atoms with Crippen molar-refractivity contribution in [3.63, 3.8) is 0 Å². The van der Waals surface area contributed by atoms with Gasteiger partial charge in [-0.2, -0.15) is 0 Å². The van der Waals surface area contributed by atoms with Crippen LogP contribution < -0.4 is 0 Å². The quantitative estimate of drug-likeness (QED) is 0.625. The number of halogens is 1. The number of nitrogens with zero attached hydrogens (tertiary/aromatic N) is 2. The van der Waals surface area contributed by atoms with E-state index < -0.39 is 0 Å². The summed E-state index contributed by atoms with van der Waals surface area (Å²) < 4.78 is 0. The van der Waals surface area contributed by atoms with Crippen LogP contribution in [0.15, 0.2) is 27.3 Å². The standard InChI is InChI=1S/C16H21BrN2/c1-9-3-10-4-11-7-18-15-6-12(17)5-13(16(11)15)14(10)8-19(9)2/h9,11-12H,3-8H2,1-2H3. The Morgan fingerprint density at radius 2 is 2.00 bits per heavy atom. The molecule has 0 aromatic carbocycles. The van der Waals surface area contributed by atoms with Crippen molar-refractivity contribution in [3.05, 3.63) is 22.3 Å². The van der Waals surface area contributed by atoms with Gasteiger partial charge in [-0.25, -0.2) is 0 Å². The summed E-state index contributed by atoms with van der Waals surface area (Å²) in [4.78, 5) is 7.94.